The van der Waals surface area contributed by atoms with Crippen molar-refractivity contribution in [2.24, 2.45) is 5.41 Å². The summed E-state index contributed by atoms with van der Waals surface area (Å²) in [5.74, 6) is 0. The number of rotatable bonds is 4. The standard InChI is InChI=1S/C17H32N2O3/c1-16(7-5-3-4-6-8-16)13-18-15(20)19(2)14-17(21)9-11-22-12-10-17/h21H,3-14H2,1-2H3,(H,18,20). The number of hydrogen-bond acceptors (Lipinski definition) is 3. The first-order chi connectivity index (χ1) is 10.4. The SMILES string of the molecule is CN(CC1(O)CCOCC1)C(=O)NCC1(C)CCCCCC1. The number of carbonyl (C=O) groups excluding carboxylic acids is 1. The van der Waals surface area contributed by atoms with Gasteiger partial charge < -0.3 is 20.1 Å². The molecule has 2 fully saturated rings. The van der Waals surface area contributed by atoms with Crippen LogP contribution < -0.4 is 5.32 Å². The number of urea groups is 1. The van der Waals surface area contributed by atoms with E-state index in [1.54, 1.807) is 11.9 Å². The van der Waals surface area contributed by atoms with E-state index >= 15 is 0 Å². The molecule has 2 N–H and O–H groups in total. The number of likely N-dealkylation sites (N-methyl/N-ethyl adjacent to an activating group) is 1. The Bertz CT molecular complexity index is 359. The zero-order valence-electron chi connectivity index (χ0n) is 14.2. The zero-order valence-corrected chi connectivity index (χ0v) is 14.2. The number of amides is 2. The number of aliphatic hydroxyl groups is 1. The molecule has 5 nitrogen and oxygen atoms in total. The molecule has 0 spiro atoms. The van der Waals surface area contributed by atoms with Crippen LogP contribution in [0.15, 0.2) is 0 Å². The number of nitrogens with one attached hydrogen (secondary N) is 1. The summed E-state index contributed by atoms with van der Waals surface area (Å²) in [5, 5.41) is 13.6. The van der Waals surface area contributed by atoms with E-state index in [2.05, 4.69) is 12.2 Å². The van der Waals surface area contributed by atoms with E-state index < -0.39 is 5.60 Å². The Kier molecular flexibility index (Phi) is 6.09. The Morgan fingerprint density at radius 1 is 1.14 bits per heavy atom. The molecule has 5 heteroatoms. The van der Waals surface area contributed by atoms with Crippen LogP contribution in [0.2, 0.25) is 0 Å². The molecular weight excluding hydrogens is 280 g/mol. The Morgan fingerprint density at radius 2 is 1.73 bits per heavy atom. The van der Waals surface area contributed by atoms with Crippen LogP contribution in [-0.4, -0.2) is 55.0 Å². The molecule has 2 aliphatic rings. The van der Waals surface area contributed by atoms with Crippen LogP contribution in [-0.2, 0) is 4.74 Å². The molecule has 0 atom stereocenters. The quantitative estimate of drug-likeness (QED) is 0.784. The Morgan fingerprint density at radius 3 is 2.32 bits per heavy atom. The lowest BCUT2D eigenvalue weighted by Gasteiger charge is -2.36. The predicted molar refractivity (Wildman–Crippen MR) is 86.8 cm³/mol. The maximum Gasteiger partial charge on any atom is 0.317 e. The first kappa shape index (κ1) is 17.5. The van der Waals surface area contributed by atoms with Crippen LogP contribution in [0, 0.1) is 5.41 Å². The molecule has 2 amide bonds. The number of hydrogen-bond donors (Lipinski definition) is 2. The molecule has 0 aromatic heterocycles. The molecule has 128 valence electrons. The van der Waals surface area contributed by atoms with Crippen LogP contribution >= 0.6 is 0 Å². The number of nitrogens with zero attached hydrogens (tertiary/aromatic N) is 1. The van der Waals surface area contributed by atoms with Crippen molar-refractivity contribution in [3.05, 3.63) is 0 Å². The fourth-order valence-corrected chi connectivity index (χ4v) is 3.61. The van der Waals surface area contributed by atoms with E-state index in [9.17, 15) is 9.90 Å². The van der Waals surface area contributed by atoms with E-state index in [-0.39, 0.29) is 11.4 Å². The van der Waals surface area contributed by atoms with Crippen LogP contribution in [0.4, 0.5) is 4.79 Å². The Balaban J connectivity index is 1.78. The lowest BCUT2D eigenvalue weighted by Crippen LogP contribution is -2.51. The lowest BCUT2D eigenvalue weighted by atomic mass is 9.82. The number of ether oxygens (including phenoxy) is 1. The highest BCUT2D eigenvalue weighted by Crippen LogP contribution is 2.33. The smallest absolute Gasteiger partial charge is 0.317 e. The minimum absolute atomic E-state index is 0.0783. The van der Waals surface area contributed by atoms with Crippen LogP contribution in [0.1, 0.15) is 58.3 Å². The van der Waals surface area contributed by atoms with Gasteiger partial charge >= 0.3 is 6.03 Å². The molecule has 0 unspecified atom stereocenters. The zero-order chi connectivity index (χ0) is 16.1. The molecule has 0 aromatic rings. The van der Waals surface area contributed by atoms with Crippen molar-refractivity contribution < 1.29 is 14.6 Å². The Labute approximate surface area is 134 Å². The van der Waals surface area contributed by atoms with Crippen molar-refractivity contribution in [1.82, 2.24) is 10.2 Å². The van der Waals surface area contributed by atoms with Gasteiger partial charge in [0, 0.05) is 39.6 Å². The largest absolute Gasteiger partial charge is 0.388 e. The van der Waals surface area contributed by atoms with E-state index in [0.29, 0.717) is 32.6 Å². The second kappa shape index (κ2) is 7.64. The van der Waals surface area contributed by atoms with Gasteiger partial charge in [0.15, 0.2) is 0 Å². The van der Waals surface area contributed by atoms with E-state index in [0.717, 1.165) is 6.54 Å². The van der Waals surface area contributed by atoms with Crippen LogP contribution in [0.5, 0.6) is 0 Å². The van der Waals surface area contributed by atoms with E-state index in [4.69, 9.17) is 4.74 Å². The number of carbonyl (C=O) groups is 1. The maximum atomic E-state index is 12.3. The van der Waals surface area contributed by atoms with Crippen molar-refractivity contribution in [3.8, 4) is 0 Å². The normalized spacial score (nSPS) is 24.3. The summed E-state index contributed by atoms with van der Waals surface area (Å²) in [5.41, 5.74) is -0.570. The van der Waals surface area contributed by atoms with Gasteiger partial charge in [-0.25, -0.2) is 4.79 Å². The van der Waals surface area contributed by atoms with Crippen molar-refractivity contribution in [1.29, 1.82) is 0 Å². The lowest BCUT2D eigenvalue weighted by molar-refractivity contribution is -0.0722. The molecule has 0 radical (unpaired) electrons. The third-order valence-electron chi connectivity index (χ3n) is 5.28. The average molecular weight is 312 g/mol. The molecule has 0 aromatic carbocycles. The maximum absolute atomic E-state index is 12.3. The summed E-state index contributed by atoms with van der Waals surface area (Å²) >= 11 is 0. The fourth-order valence-electron chi connectivity index (χ4n) is 3.61. The van der Waals surface area contributed by atoms with Crippen LogP contribution in [0.3, 0.4) is 0 Å². The van der Waals surface area contributed by atoms with Gasteiger partial charge in [0.1, 0.15) is 0 Å². The van der Waals surface area contributed by atoms with Gasteiger partial charge in [0.25, 0.3) is 0 Å². The first-order valence-electron chi connectivity index (χ1n) is 8.72. The molecule has 1 aliphatic carbocycles. The minimum atomic E-state index is -0.795. The fraction of sp³-hybridized carbons (Fsp3) is 0.941. The van der Waals surface area contributed by atoms with E-state index in [1.807, 2.05) is 0 Å². The minimum Gasteiger partial charge on any atom is -0.388 e. The summed E-state index contributed by atoms with van der Waals surface area (Å²) in [4.78, 5) is 13.9. The summed E-state index contributed by atoms with van der Waals surface area (Å²) in [7, 11) is 1.76. The second-order valence-corrected chi connectivity index (χ2v) is 7.58. The van der Waals surface area contributed by atoms with Gasteiger partial charge in [-0.1, -0.05) is 32.6 Å². The molecule has 22 heavy (non-hydrogen) atoms. The average Bonchev–Trinajstić information content (AvgIpc) is 2.70. The summed E-state index contributed by atoms with van der Waals surface area (Å²) in [6, 6.07) is -0.0783. The topological polar surface area (TPSA) is 61.8 Å². The monoisotopic (exact) mass is 312 g/mol. The van der Waals surface area contributed by atoms with Crippen molar-refractivity contribution in [2.75, 3.05) is 33.4 Å². The van der Waals surface area contributed by atoms with Gasteiger partial charge in [-0.05, 0) is 18.3 Å². The molecule has 1 heterocycles. The van der Waals surface area contributed by atoms with Gasteiger partial charge in [-0.3, -0.25) is 0 Å². The Hall–Kier alpha value is -0.810. The summed E-state index contributed by atoms with van der Waals surface area (Å²) in [6.45, 7) is 4.54. The van der Waals surface area contributed by atoms with Crippen molar-refractivity contribution >= 4 is 6.03 Å². The second-order valence-electron chi connectivity index (χ2n) is 7.58. The van der Waals surface area contributed by atoms with Crippen molar-refractivity contribution in [3.63, 3.8) is 0 Å². The molecule has 1 aliphatic heterocycles. The molecular formula is C17H32N2O3. The highest BCUT2D eigenvalue weighted by atomic mass is 16.5. The molecule has 1 saturated heterocycles. The molecule has 1 saturated carbocycles. The highest BCUT2D eigenvalue weighted by molar-refractivity contribution is 5.74. The third-order valence-corrected chi connectivity index (χ3v) is 5.28. The van der Waals surface area contributed by atoms with Crippen LogP contribution in [0.25, 0.3) is 0 Å². The van der Waals surface area contributed by atoms with Gasteiger partial charge in [0.05, 0.1) is 12.1 Å². The third kappa shape index (κ3) is 5.13. The van der Waals surface area contributed by atoms with Crippen molar-refractivity contribution in [2.45, 2.75) is 63.9 Å². The molecule has 0 bridgehead atoms. The first-order valence-corrected chi connectivity index (χ1v) is 8.72. The molecule has 2 rings (SSSR count). The predicted octanol–water partition coefficient (Wildman–Crippen LogP) is 2.53. The van der Waals surface area contributed by atoms with Gasteiger partial charge in [-0.15, -0.1) is 0 Å². The summed E-state index contributed by atoms with van der Waals surface area (Å²) < 4.78 is 5.28. The summed E-state index contributed by atoms with van der Waals surface area (Å²) in [6.07, 6.45) is 8.75. The highest BCUT2D eigenvalue weighted by Gasteiger charge is 2.33. The van der Waals surface area contributed by atoms with Gasteiger partial charge in [0.2, 0.25) is 0 Å². The van der Waals surface area contributed by atoms with E-state index in [1.165, 1.54) is 38.5 Å². The van der Waals surface area contributed by atoms with Gasteiger partial charge in [-0.2, -0.15) is 0 Å².